The molecule has 2 aromatic carbocycles. The Bertz CT molecular complexity index is 741. The fourth-order valence-electron chi connectivity index (χ4n) is 4.09. The topological polar surface area (TPSA) is 15.7 Å². The van der Waals surface area contributed by atoms with E-state index in [2.05, 4.69) is 28.0 Å². The van der Waals surface area contributed by atoms with Crippen LogP contribution in [0.2, 0.25) is 0 Å². The number of halogens is 1. The van der Waals surface area contributed by atoms with Crippen LogP contribution in [0.25, 0.3) is 0 Å². The molecule has 0 radical (unpaired) electrons. The van der Waals surface area contributed by atoms with Crippen molar-refractivity contribution in [1.82, 2.24) is 4.90 Å². The van der Waals surface area contributed by atoms with Gasteiger partial charge in [-0.1, -0.05) is 18.2 Å². The highest BCUT2D eigenvalue weighted by Crippen LogP contribution is 2.30. The van der Waals surface area contributed by atoms with Gasteiger partial charge in [0.1, 0.15) is 11.6 Å². The van der Waals surface area contributed by atoms with Crippen molar-refractivity contribution in [3.05, 3.63) is 59.4 Å². The highest BCUT2D eigenvalue weighted by molar-refractivity contribution is 5.47. The molecular formula is C22H27FN2O. The van der Waals surface area contributed by atoms with Gasteiger partial charge in [-0.3, -0.25) is 4.90 Å². The van der Waals surface area contributed by atoms with Crippen molar-refractivity contribution in [2.24, 2.45) is 0 Å². The SMILES string of the molecule is Fc1cccc(N2CCN(CCCOc3cccc4c3CCC4)CC2)c1. The third kappa shape index (κ3) is 4.01. The van der Waals surface area contributed by atoms with E-state index in [1.165, 1.54) is 30.0 Å². The van der Waals surface area contributed by atoms with Crippen LogP contribution in [0, 0.1) is 5.82 Å². The summed E-state index contributed by atoms with van der Waals surface area (Å²) >= 11 is 0. The molecule has 1 fully saturated rings. The van der Waals surface area contributed by atoms with E-state index in [0.717, 1.165) is 63.6 Å². The number of benzene rings is 2. The van der Waals surface area contributed by atoms with E-state index < -0.39 is 0 Å². The first-order valence-corrected chi connectivity index (χ1v) is 9.76. The van der Waals surface area contributed by atoms with Crippen molar-refractivity contribution in [2.45, 2.75) is 25.7 Å². The number of ether oxygens (including phenoxy) is 1. The summed E-state index contributed by atoms with van der Waals surface area (Å²) in [6.45, 7) is 5.80. The number of hydrogen-bond acceptors (Lipinski definition) is 3. The number of hydrogen-bond donors (Lipinski definition) is 0. The van der Waals surface area contributed by atoms with Crippen LogP contribution in [0.15, 0.2) is 42.5 Å². The van der Waals surface area contributed by atoms with Gasteiger partial charge >= 0.3 is 0 Å². The van der Waals surface area contributed by atoms with Gasteiger partial charge in [0.15, 0.2) is 0 Å². The molecule has 4 heteroatoms. The standard InChI is InChI=1S/C22H27FN2O/c23-19-7-3-8-20(17-19)25-14-12-24(13-15-25)11-4-16-26-22-10-2-6-18-5-1-9-21(18)22/h2-3,6-8,10,17H,1,4-5,9,11-16H2. The lowest BCUT2D eigenvalue weighted by Gasteiger charge is -2.36. The maximum atomic E-state index is 13.4. The molecule has 3 nitrogen and oxygen atoms in total. The average Bonchev–Trinajstić information content (AvgIpc) is 3.15. The highest BCUT2D eigenvalue weighted by atomic mass is 19.1. The van der Waals surface area contributed by atoms with Gasteiger partial charge in [-0.25, -0.2) is 4.39 Å². The molecule has 0 bridgehead atoms. The minimum Gasteiger partial charge on any atom is -0.493 e. The smallest absolute Gasteiger partial charge is 0.125 e. The maximum absolute atomic E-state index is 13.4. The predicted octanol–water partition coefficient (Wildman–Crippen LogP) is 3.91. The molecule has 4 rings (SSSR count). The Morgan fingerprint density at radius 2 is 1.81 bits per heavy atom. The van der Waals surface area contributed by atoms with Crippen molar-refractivity contribution < 1.29 is 9.13 Å². The second-order valence-electron chi connectivity index (χ2n) is 7.26. The summed E-state index contributed by atoms with van der Waals surface area (Å²) in [7, 11) is 0. The summed E-state index contributed by atoms with van der Waals surface area (Å²) in [5.74, 6) is 0.936. The molecule has 1 heterocycles. The second-order valence-corrected chi connectivity index (χ2v) is 7.26. The number of nitrogens with zero attached hydrogens (tertiary/aromatic N) is 2. The largest absolute Gasteiger partial charge is 0.493 e. The lowest BCUT2D eigenvalue weighted by Crippen LogP contribution is -2.46. The Balaban J connectivity index is 1.19. The van der Waals surface area contributed by atoms with Crippen LogP contribution >= 0.6 is 0 Å². The van der Waals surface area contributed by atoms with E-state index in [9.17, 15) is 4.39 Å². The van der Waals surface area contributed by atoms with Crippen LogP contribution in [0.5, 0.6) is 5.75 Å². The summed E-state index contributed by atoms with van der Waals surface area (Å²) in [4.78, 5) is 4.75. The van der Waals surface area contributed by atoms with Crippen LogP contribution in [-0.4, -0.2) is 44.2 Å². The zero-order valence-electron chi connectivity index (χ0n) is 15.3. The molecule has 2 aromatic rings. The van der Waals surface area contributed by atoms with Gasteiger partial charge in [-0.2, -0.15) is 0 Å². The van der Waals surface area contributed by atoms with Crippen LogP contribution in [0.4, 0.5) is 10.1 Å². The molecule has 1 saturated heterocycles. The Kier molecular flexibility index (Phi) is 5.40. The molecule has 0 amide bonds. The molecule has 0 unspecified atom stereocenters. The van der Waals surface area contributed by atoms with Crippen molar-refractivity contribution in [3.8, 4) is 5.75 Å². The van der Waals surface area contributed by atoms with E-state index in [0.29, 0.717) is 0 Å². The number of piperazine rings is 1. The Morgan fingerprint density at radius 1 is 0.962 bits per heavy atom. The summed E-state index contributed by atoms with van der Waals surface area (Å²) in [5.41, 5.74) is 3.89. The maximum Gasteiger partial charge on any atom is 0.125 e. The normalized spacial score (nSPS) is 17.3. The molecule has 0 saturated carbocycles. The first-order valence-electron chi connectivity index (χ1n) is 9.76. The quantitative estimate of drug-likeness (QED) is 0.732. The number of aryl methyl sites for hydroxylation is 1. The van der Waals surface area contributed by atoms with Crippen LogP contribution in [-0.2, 0) is 12.8 Å². The molecular weight excluding hydrogens is 327 g/mol. The van der Waals surface area contributed by atoms with Crippen molar-refractivity contribution in [1.29, 1.82) is 0 Å². The minimum absolute atomic E-state index is 0.158. The molecule has 0 N–H and O–H groups in total. The van der Waals surface area contributed by atoms with Gasteiger partial charge in [0.2, 0.25) is 0 Å². The van der Waals surface area contributed by atoms with E-state index >= 15 is 0 Å². The van der Waals surface area contributed by atoms with Crippen molar-refractivity contribution in [3.63, 3.8) is 0 Å². The highest BCUT2D eigenvalue weighted by Gasteiger charge is 2.18. The summed E-state index contributed by atoms with van der Waals surface area (Å²) in [6.07, 6.45) is 4.66. The third-order valence-electron chi connectivity index (χ3n) is 5.52. The van der Waals surface area contributed by atoms with Gasteiger partial charge in [-0.15, -0.1) is 0 Å². The zero-order chi connectivity index (χ0) is 17.8. The average molecular weight is 354 g/mol. The summed E-state index contributed by atoms with van der Waals surface area (Å²) in [6, 6.07) is 13.4. The third-order valence-corrected chi connectivity index (χ3v) is 5.52. The van der Waals surface area contributed by atoms with Gasteiger partial charge in [-0.05, 0) is 61.1 Å². The number of anilines is 1. The van der Waals surface area contributed by atoms with Gasteiger partial charge in [0, 0.05) is 38.4 Å². The van der Waals surface area contributed by atoms with Crippen LogP contribution in [0.1, 0.15) is 24.0 Å². The molecule has 2 aliphatic rings. The molecule has 1 aliphatic heterocycles. The van der Waals surface area contributed by atoms with E-state index in [-0.39, 0.29) is 5.82 Å². The second kappa shape index (κ2) is 8.09. The fourth-order valence-corrected chi connectivity index (χ4v) is 4.09. The molecule has 26 heavy (non-hydrogen) atoms. The van der Waals surface area contributed by atoms with E-state index in [1.807, 2.05) is 6.07 Å². The summed E-state index contributed by atoms with van der Waals surface area (Å²) in [5, 5.41) is 0. The van der Waals surface area contributed by atoms with Crippen LogP contribution < -0.4 is 9.64 Å². The lowest BCUT2D eigenvalue weighted by molar-refractivity contribution is 0.224. The Morgan fingerprint density at radius 3 is 2.65 bits per heavy atom. The summed E-state index contributed by atoms with van der Waals surface area (Å²) < 4.78 is 19.4. The molecule has 0 aromatic heterocycles. The number of fused-ring (bicyclic) bond motifs is 1. The first kappa shape index (κ1) is 17.3. The van der Waals surface area contributed by atoms with E-state index in [4.69, 9.17) is 4.74 Å². The van der Waals surface area contributed by atoms with Crippen molar-refractivity contribution in [2.75, 3.05) is 44.2 Å². The molecule has 0 atom stereocenters. The van der Waals surface area contributed by atoms with E-state index in [1.54, 1.807) is 12.1 Å². The predicted molar refractivity (Wildman–Crippen MR) is 104 cm³/mol. The van der Waals surface area contributed by atoms with Gasteiger partial charge < -0.3 is 9.64 Å². The number of rotatable bonds is 6. The Hall–Kier alpha value is -2.07. The first-order chi connectivity index (χ1) is 12.8. The van der Waals surface area contributed by atoms with Gasteiger partial charge in [0.25, 0.3) is 0 Å². The molecule has 1 aliphatic carbocycles. The molecule has 138 valence electrons. The fraction of sp³-hybridized carbons (Fsp3) is 0.455. The zero-order valence-corrected chi connectivity index (χ0v) is 15.3. The minimum atomic E-state index is -0.158. The van der Waals surface area contributed by atoms with Crippen molar-refractivity contribution >= 4 is 5.69 Å². The van der Waals surface area contributed by atoms with Crippen LogP contribution in [0.3, 0.4) is 0 Å². The molecule has 0 spiro atoms. The lowest BCUT2D eigenvalue weighted by atomic mass is 10.1. The Labute approximate surface area is 155 Å². The monoisotopic (exact) mass is 354 g/mol. The van der Waals surface area contributed by atoms with Gasteiger partial charge in [0.05, 0.1) is 6.61 Å².